The molecule has 5 aromatic rings. The van der Waals surface area contributed by atoms with Crippen LogP contribution in [0.2, 0.25) is 0 Å². The van der Waals surface area contributed by atoms with Crippen LogP contribution in [0.5, 0.6) is 17.2 Å². The molecule has 244 valence electrons. The molecule has 0 aliphatic carbocycles. The first-order valence-corrected chi connectivity index (χ1v) is 15.9. The molecule has 1 unspecified atom stereocenters. The van der Waals surface area contributed by atoms with Crippen molar-refractivity contribution < 1.29 is 28.5 Å². The van der Waals surface area contributed by atoms with Gasteiger partial charge in [0, 0.05) is 24.2 Å². The maximum Gasteiger partial charge on any atom is 0.338 e. The number of carbonyl (C=O) groups is 2. The molecule has 0 bridgehead atoms. The Morgan fingerprint density at radius 3 is 2.40 bits per heavy atom. The van der Waals surface area contributed by atoms with Crippen molar-refractivity contribution in [1.82, 2.24) is 14.3 Å². The van der Waals surface area contributed by atoms with Crippen molar-refractivity contribution in [3.8, 4) is 34.2 Å². The van der Waals surface area contributed by atoms with Crippen molar-refractivity contribution in [2.75, 3.05) is 20.8 Å². The standard InChI is InChI=1S/C36H32N4O7S/c1-6-46-35(43)31-21(2)37-36-40(33(31)24-14-17-28(47-22(3)41)29(18-24)45-5)34(42)30(48-36)19-25-20-39(26-10-8-7-9-11-26)38-32(25)23-12-15-27(44-4)16-13-23/h7-20,33H,6H2,1-5H3/b30-19+. The van der Waals surface area contributed by atoms with Crippen LogP contribution in [-0.4, -0.2) is 47.1 Å². The second-order valence-corrected chi connectivity index (χ2v) is 11.8. The molecule has 1 atom stereocenters. The molecule has 0 saturated carbocycles. The number of nitrogens with zero attached hydrogens (tertiary/aromatic N) is 4. The first-order chi connectivity index (χ1) is 23.2. The summed E-state index contributed by atoms with van der Waals surface area (Å²) in [6.07, 6.45) is 3.67. The monoisotopic (exact) mass is 664 g/mol. The fourth-order valence-electron chi connectivity index (χ4n) is 5.52. The van der Waals surface area contributed by atoms with Crippen LogP contribution in [0.4, 0.5) is 0 Å². The Balaban J connectivity index is 1.55. The van der Waals surface area contributed by atoms with Crippen LogP contribution < -0.4 is 29.1 Å². The lowest BCUT2D eigenvalue weighted by atomic mass is 9.95. The third-order valence-electron chi connectivity index (χ3n) is 7.69. The van der Waals surface area contributed by atoms with Gasteiger partial charge in [0.25, 0.3) is 5.56 Å². The van der Waals surface area contributed by atoms with Gasteiger partial charge in [-0.25, -0.2) is 14.5 Å². The summed E-state index contributed by atoms with van der Waals surface area (Å²) in [4.78, 5) is 44.5. The summed E-state index contributed by atoms with van der Waals surface area (Å²) in [6.45, 7) is 4.86. The van der Waals surface area contributed by atoms with Gasteiger partial charge >= 0.3 is 11.9 Å². The Morgan fingerprint density at radius 2 is 1.73 bits per heavy atom. The van der Waals surface area contributed by atoms with Gasteiger partial charge in [0.15, 0.2) is 16.3 Å². The Labute approximate surface area is 279 Å². The number of benzene rings is 3. The highest BCUT2D eigenvalue weighted by atomic mass is 32.1. The molecule has 2 aromatic heterocycles. The van der Waals surface area contributed by atoms with Crippen molar-refractivity contribution in [2.45, 2.75) is 26.8 Å². The van der Waals surface area contributed by atoms with Gasteiger partial charge < -0.3 is 18.9 Å². The number of hydrogen-bond donors (Lipinski definition) is 0. The lowest BCUT2D eigenvalue weighted by Gasteiger charge is -2.25. The molecule has 11 nitrogen and oxygen atoms in total. The van der Waals surface area contributed by atoms with Gasteiger partial charge in [0.05, 0.1) is 48.4 Å². The van der Waals surface area contributed by atoms with Crippen LogP contribution in [0.15, 0.2) is 100 Å². The molecule has 0 radical (unpaired) electrons. The fraction of sp³-hybridized carbons (Fsp3) is 0.194. The number of hydrogen-bond acceptors (Lipinski definition) is 10. The smallest absolute Gasteiger partial charge is 0.338 e. The second-order valence-electron chi connectivity index (χ2n) is 10.7. The van der Waals surface area contributed by atoms with E-state index in [-0.39, 0.29) is 29.2 Å². The molecule has 12 heteroatoms. The fourth-order valence-corrected chi connectivity index (χ4v) is 6.56. The van der Waals surface area contributed by atoms with Crippen molar-refractivity contribution in [3.05, 3.63) is 121 Å². The van der Waals surface area contributed by atoms with Crippen LogP contribution in [-0.2, 0) is 14.3 Å². The largest absolute Gasteiger partial charge is 0.497 e. The van der Waals surface area contributed by atoms with Gasteiger partial charge in [-0.15, -0.1) is 0 Å². The third-order valence-corrected chi connectivity index (χ3v) is 8.67. The van der Waals surface area contributed by atoms with Gasteiger partial charge in [-0.2, -0.15) is 5.10 Å². The predicted molar refractivity (Wildman–Crippen MR) is 180 cm³/mol. The summed E-state index contributed by atoms with van der Waals surface area (Å²) in [5.74, 6) is 0.0798. The summed E-state index contributed by atoms with van der Waals surface area (Å²) in [5, 5.41) is 4.89. The molecule has 6 rings (SSSR count). The number of fused-ring (bicyclic) bond motifs is 1. The quantitative estimate of drug-likeness (QED) is 0.166. The van der Waals surface area contributed by atoms with Crippen molar-refractivity contribution in [3.63, 3.8) is 0 Å². The number of carbonyl (C=O) groups excluding carboxylic acids is 2. The zero-order valence-corrected chi connectivity index (χ0v) is 27.7. The molecule has 48 heavy (non-hydrogen) atoms. The second kappa shape index (κ2) is 13.5. The highest BCUT2D eigenvalue weighted by molar-refractivity contribution is 7.07. The Morgan fingerprint density at radius 1 is 0.979 bits per heavy atom. The van der Waals surface area contributed by atoms with E-state index in [9.17, 15) is 14.4 Å². The molecule has 1 aliphatic heterocycles. The first-order valence-electron chi connectivity index (χ1n) is 15.1. The molecule has 3 aromatic carbocycles. The summed E-state index contributed by atoms with van der Waals surface area (Å²) in [6, 6.07) is 21.2. The van der Waals surface area contributed by atoms with Crippen LogP contribution in [0.3, 0.4) is 0 Å². The van der Waals surface area contributed by atoms with E-state index in [1.54, 1.807) is 49.9 Å². The molecule has 3 heterocycles. The number of allylic oxidation sites excluding steroid dienone is 1. The van der Waals surface area contributed by atoms with E-state index in [0.29, 0.717) is 37.6 Å². The molecule has 0 amide bonds. The van der Waals surface area contributed by atoms with Crippen molar-refractivity contribution >= 4 is 29.4 Å². The Kier molecular flexibility index (Phi) is 9.08. The molecule has 1 aliphatic rings. The Hall–Kier alpha value is -5.75. The number of aromatic nitrogens is 3. The minimum absolute atomic E-state index is 0.140. The van der Waals surface area contributed by atoms with E-state index in [2.05, 4.69) is 4.99 Å². The highest BCUT2D eigenvalue weighted by Gasteiger charge is 2.34. The van der Waals surface area contributed by atoms with Gasteiger partial charge in [-0.05, 0) is 74.0 Å². The SMILES string of the molecule is CCOC(=O)C1=C(C)N=c2s/c(=C/c3cn(-c4ccccc4)nc3-c3ccc(OC)cc3)c(=O)n2C1c1ccc(OC(C)=O)c(OC)c1. The predicted octanol–water partition coefficient (Wildman–Crippen LogP) is 4.59. The number of para-hydroxylation sites is 1. The van der Waals surface area contributed by atoms with Gasteiger partial charge in [-0.1, -0.05) is 35.6 Å². The zero-order chi connectivity index (χ0) is 33.9. The topological polar surface area (TPSA) is 123 Å². The molecular formula is C36H32N4O7S. The van der Waals surface area contributed by atoms with E-state index >= 15 is 0 Å². The van der Waals surface area contributed by atoms with Gasteiger partial charge in [0.1, 0.15) is 11.4 Å². The number of methoxy groups -OCH3 is 2. The molecule has 0 saturated heterocycles. The van der Waals surface area contributed by atoms with Crippen LogP contribution in [0.25, 0.3) is 23.0 Å². The average molecular weight is 665 g/mol. The summed E-state index contributed by atoms with van der Waals surface area (Å²) < 4.78 is 25.2. The van der Waals surface area contributed by atoms with Crippen LogP contribution in [0, 0.1) is 0 Å². The number of thiazole rings is 1. The van der Waals surface area contributed by atoms with Crippen molar-refractivity contribution in [1.29, 1.82) is 0 Å². The van der Waals surface area contributed by atoms with Crippen LogP contribution >= 0.6 is 11.3 Å². The van der Waals surface area contributed by atoms with Gasteiger partial charge in [-0.3, -0.25) is 14.2 Å². The molecule has 0 spiro atoms. The summed E-state index contributed by atoms with van der Waals surface area (Å²) in [5.41, 5.74) is 3.89. The maximum absolute atomic E-state index is 14.4. The van der Waals surface area contributed by atoms with E-state index in [0.717, 1.165) is 11.3 Å². The van der Waals surface area contributed by atoms with E-state index in [4.69, 9.17) is 24.0 Å². The minimum atomic E-state index is -0.893. The third kappa shape index (κ3) is 6.17. The maximum atomic E-state index is 14.4. The average Bonchev–Trinajstić information content (AvgIpc) is 3.65. The summed E-state index contributed by atoms with van der Waals surface area (Å²) >= 11 is 1.21. The summed E-state index contributed by atoms with van der Waals surface area (Å²) in [7, 11) is 3.05. The number of rotatable bonds is 9. The normalized spacial score (nSPS) is 14.3. The minimum Gasteiger partial charge on any atom is -0.497 e. The highest BCUT2D eigenvalue weighted by Crippen LogP contribution is 2.36. The Bertz CT molecular complexity index is 2230. The van der Waals surface area contributed by atoms with E-state index in [1.807, 2.05) is 60.8 Å². The van der Waals surface area contributed by atoms with E-state index in [1.165, 1.54) is 29.9 Å². The number of esters is 2. The van der Waals surface area contributed by atoms with Crippen LogP contribution in [0.1, 0.15) is 37.9 Å². The lowest BCUT2D eigenvalue weighted by Crippen LogP contribution is -2.40. The lowest BCUT2D eigenvalue weighted by molar-refractivity contribution is -0.139. The molecule has 0 N–H and O–H groups in total. The van der Waals surface area contributed by atoms with Crippen molar-refractivity contribution in [2.24, 2.45) is 4.99 Å². The number of ether oxygens (including phenoxy) is 4. The van der Waals surface area contributed by atoms with Gasteiger partial charge in [0.2, 0.25) is 0 Å². The van der Waals surface area contributed by atoms with E-state index < -0.39 is 18.0 Å². The first kappa shape index (κ1) is 32.2. The molecule has 0 fully saturated rings. The zero-order valence-electron chi connectivity index (χ0n) is 26.9. The molecular weight excluding hydrogens is 632 g/mol.